The lowest BCUT2D eigenvalue weighted by molar-refractivity contribution is -0.137. The first-order valence-corrected chi connectivity index (χ1v) is 11.1. The number of carbonyl (C=O) groups is 2. The Kier molecular flexibility index (Phi) is 13.1. The van der Waals surface area contributed by atoms with Crippen LogP contribution < -0.4 is 5.32 Å². The first-order valence-electron chi connectivity index (χ1n) is 11.1. The second-order valence-corrected chi connectivity index (χ2v) is 9.96. The van der Waals surface area contributed by atoms with Crippen LogP contribution in [-0.2, 0) is 20.9 Å². The van der Waals surface area contributed by atoms with E-state index in [1.807, 2.05) is 30.3 Å². The zero-order chi connectivity index (χ0) is 24.1. The van der Waals surface area contributed by atoms with Gasteiger partial charge in [-0.25, -0.2) is 4.79 Å². The fraction of sp³-hybridized carbons (Fsp3) is 0.680. The first kappa shape index (κ1) is 28.9. The SMILES string of the molecule is CC(C)(C)OC(C)(C)C.CCC[C@@H](C)C[C@@H](CC(=O)O)NC(=O)OCc1ccccc1. The van der Waals surface area contributed by atoms with E-state index in [9.17, 15) is 9.59 Å². The predicted octanol–water partition coefficient (Wildman–Crippen LogP) is 6.18. The summed E-state index contributed by atoms with van der Waals surface area (Å²) in [6.07, 6.45) is 2.03. The van der Waals surface area contributed by atoms with E-state index in [4.69, 9.17) is 14.6 Å². The van der Waals surface area contributed by atoms with Crippen molar-refractivity contribution in [1.82, 2.24) is 5.32 Å². The Balaban J connectivity index is 0.000000842. The Morgan fingerprint density at radius 3 is 2.00 bits per heavy atom. The van der Waals surface area contributed by atoms with Crippen LogP contribution in [0.5, 0.6) is 0 Å². The summed E-state index contributed by atoms with van der Waals surface area (Å²) in [7, 11) is 0. The Labute approximate surface area is 188 Å². The minimum Gasteiger partial charge on any atom is -0.481 e. The van der Waals surface area contributed by atoms with E-state index in [-0.39, 0.29) is 24.2 Å². The molecule has 0 aliphatic rings. The van der Waals surface area contributed by atoms with Crippen molar-refractivity contribution < 1.29 is 24.2 Å². The summed E-state index contributed by atoms with van der Waals surface area (Å²) in [4.78, 5) is 22.7. The molecule has 0 unspecified atom stereocenters. The molecule has 0 heterocycles. The lowest BCUT2D eigenvalue weighted by Crippen LogP contribution is -2.38. The van der Waals surface area contributed by atoms with Crippen LogP contribution in [0.25, 0.3) is 0 Å². The third-order valence-electron chi connectivity index (χ3n) is 4.04. The molecule has 1 aromatic carbocycles. The molecule has 0 aliphatic heterocycles. The van der Waals surface area contributed by atoms with Gasteiger partial charge in [-0.2, -0.15) is 0 Å². The third-order valence-corrected chi connectivity index (χ3v) is 4.04. The highest BCUT2D eigenvalue weighted by atomic mass is 16.5. The van der Waals surface area contributed by atoms with Crippen molar-refractivity contribution in [2.45, 2.75) is 105 Å². The summed E-state index contributed by atoms with van der Waals surface area (Å²) >= 11 is 0. The van der Waals surface area contributed by atoms with Gasteiger partial charge < -0.3 is 19.9 Å². The van der Waals surface area contributed by atoms with Gasteiger partial charge in [0, 0.05) is 6.04 Å². The first-order chi connectivity index (χ1) is 14.2. The van der Waals surface area contributed by atoms with Gasteiger partial charge in [0.05, 0.1) is 17.6 Å². The molecular weight excluding hydrogens is 394 g/mol. The van der Waals surface area contributed by atoms with Gasteiger partial charge in [0.2, 0.25) is 0 Å². The third kappa shape index (κ3) is 18.4. The highest BCUT2D eigenvalue weighted by molar-refractivity contribution is 5.71. The number of hydrogen-bond acceptors (Lipinski definition) is 4. The number of carboxylic acids is 1. The van der Waals surface area contributed by atoms with Crippen LogP contribution >= 0.6 is 0 Å². The molecule has 6 nitrogen and oxygen atoms in total. The van der Waals surface area contributed by atoms with Crippen molar-refractivity contribution in [1.29, 1.82) is 0 Å². The molecule has 2 atom stereocenters. The molecule has 0 bridgehead atoms. The zero-order valence-corrected chi connectivity index (χ0v) is 20.7. The highest BCUT2D eigenvalue weighted by Crippen LogP contribution is 2.18. The molecule has 0 aliphatic carbocycles. The van der Waals surface area contributed by atoms with Crippen LogP contribution in [-0.4, -0.2) is 34.4 Å². The summed E-state index contributed by atoms with van der Waals surface area (Å²) in [5.74, 6) is -0.555. The van der Waals surface area contributed by atoms with Crippen molar-refractivity contribution in [3.63, 3.8) is 0 Å². The quantitative estimate of drug-likeness (QED) is 0.482. The number of alkyl carbamates (subject to hydrolysis) is 1. The zero-order valence-electron chi connectivity index (χ0n) is 20.7. The van der Waals surface area contributed by atoms with E-state index < -0.39 is 18.1 Å². The largest absolute Gasteiger partial charge is 0.481 e. The molecule has 0 saturated heterocycles. The van der Waals surface area contributed by atoms with Gasteiger partial charge in [0.1, 0.15) is 6.61 Å². The van der Waals surface area contributed by atoms with Crippen LogP contribution in [0.2, 0.25) is 0 Å². The maximum atomic E-state index is 11.8. The van der Waals surface area contributed by atoms with Gasteiger partial charge in [-0.1, -0.05) is 57.0 Å². The topological polar surface area (TPSA) is 84.9 Å². The summed E-state index contributed by atoms with van der Waals surface area (Å²) in [5, 5.41) is 11.6. The molecule has 1 aromatic rings. The second kappa shape index (κ2) is 14.1. The minimum absolute atomic E-state index is 0.0156. The maximum absolute atomic E-state index is 11.8. The van der Waals surface area contributed by atoms with E-state index in [0.29, 0.717) is 12.3 Å². The molecule has 1 rings (SSSR count). The number of nitrogens with one attached hydrogen (secondary N) is 1. The van der Waals surface area contributed by atoms with Gasteiger partial charge in [0.15, 0.2) is 0 Å². The van der Waals surface area contributed by atoms with E-state index in [1.54, 1.807) is 0 Å². The summed E-state index contributed by atoms with van der Waals surface area (Å²) < 4.78 is 10.8. The normalized spacial score (nSPS) is 13.4. The molecule has 178 valence electrons. The highest BCUT2D eigenvalue weighted by Gasteiger charge is 2.20. The second-order valence-electron chi connectivity index (χ2n) is 9.96. The molecule has 0 saturated carbocycles. The van der Waals surface area contributed by atoms with E-state index in [1.165, 1.54) is 0 Å². The molecule has 2 N–H and O–H groups in total. The van der Waals surface area contributed by atoms with E-state index in [0.717, 1.165) is 18.4 Å². The van der Waals surface area contributed by atoms with E-state index >= 15 is 0 Å². The van der Waals surface area contributed by atoms with Crippen molar-refractivity contribution >= 4 is 12.1 Å². The summed E-state index contributed by atoms with van der Waals surface area (Å²) in [5.41, 5.74) is 0.864. The number of ether oxygens (including phenoxy) is 2. The van der Waals surface area contributed by atoms with Crippen molar-refractivity contribution in [2.24, 2.45) is 5.92 Å². The molecule has 0 spiro atoms. The minimum atomic E-state index is -0.919. The predicted molar refractivity (Wildman–Crippen MR) is 125 cm³/mol. The average molecular weight is 438 g/mol. The molecule has 0 fully saturated rings. The Hall–Kier alpha value is -2.08. The standard InChI is InChI=1S/C17H25NO4.C8H18O/c1-3-7-13(2)10-15(11-16(19)20)18-17(21)22-12-14-8-5-4-6-9-14;1-7(2,3)9-8(4,5)6/h4-6,8-9,13,15H,3,7,10-12H2,1-2H3,(H,18,21)(H,19,20);1-6H3/t13-,15+;/m1./s1. The van der Waals surface area contributed by atoms with Gasteiger partial charge in [-0.3, -0.25) is 4.79 Å². The lowest BCUT2D eigenvalue weighted by atomic mass is 9.95. The molecular formula is C25H43NO5. The number of benzene rings is 1. The monoisotopic (exact) mass is 437 g/mol. The summed E-state index contributed by atoms with van der Waals surface area (Å²) in [6.45, 7) is 16.7. The van der Waals surface area contributed by atoms with Crippen molar-refractivity contribution in [2.75, 3.05) is 0 Å². The molecule has 31 heavy (non-hydrogen) atoms. The Morgan fingerprint density at radius 2 is 1.58 bits per heavy atom. The number of carbonyl (C=O) groups excluding carboxylic acids is 1. The summed E-state index contributed by atoms with van der Waals surface area (Å²) in [6, 6.07) is 8.97. The van der Waals surface area contributed by atoms with Crippen LogP contribution in [0.3, 0.4) is 0 Å². The van der Waals surface area contributed by atoms with Crippen LogP contribution in [0.4, 0.5) is 4.79 Å². The maximum Gasteiger partial charge on any atom is 0.407 e. The number of rotatable bonds is 9. The molecule has 0 radical (unpaired) electrons. The van der Waals surface area contributed by atoms with Gasteiger partial charge in [0.25, 0.3) is 0 Å². The van der Waals surface area contributed by atoms with E-state index in [2.05, 4.69) is 60.7 Å². The fourth-order valence-electron chi connectivity index (χ4n) is 3.35. The fourth-order valence-corrected chi connectivity index (χ4v) is 3.35. The van der Waals surface area contributed by atoms with Gasteiger partial charge >= 0.3 is 12.1 Å². The van der Waals surface area contributed by atoms with Crippen molar-refractivity contribution in [3.8, 4) is 0 Å². The van der Waals surface area contributed by atoms with Gasteiger partial charge in [-0.15, -0.1) is 0 Å². The number of hydrogen-bond donors (Lipinski definition) is 2. The lowest BCUT2D eigenvalue weighted by Gasteiger charge is -2.30. The average Bonchev–Trinajstić information content (AvgIpc) is 2.58. The van der Waals surface area contributed by atoms with Crippen LogP contribution in [0.1, 0.15) is 86.6 Å². The Bertz CT molecular complexity index is 620. The molecule has 0 aromatic heterocycles. The number of amides is 1. The van der Waals surface area contributed by atoms with Crippen LogP contribution in [0, 0.1) is 5.92 Å². The van der Waals surface area contributed by atoms with Crippen molar-refractivity contribution in [3.05, 3.63) is 35.9 Å². The molecule has 1 amide bonds. The molecule has 6 heteroatoms. The number of aliphatic carboxylic acids is 1. The van der Waals surface area contributed by atoms with Gasteiger partial charge in [-0.05, 0) is 59.4 Å². The number of carboxylic acid groups (broad SMARTS) is 1. The Morgan fingerprint density at radius 1 is 1.03 bits per heavy atom. The van der Waals surface area contributed by atoms with Crippen LogP contribution in [0.15, 0.2) is 30.3 Å². The smallest absolute Gasteiger partial charge is 0.407 e.